The predicted molar refractivity (Wildman–Crippen MR) is 63.1 cm³/mol. The molecule has 0 aromatic rings. The lowest BCUT2D eigenvalue weighted by atomic mass is 10.2. The third-order valence-corrected chi connectivity index (χ3v) is 1.27. The highest BCUT2D eigenvalue weighted by Gasteiger charge is 2.15. The molecule has 0 aliphatic carbocycles. The van der Waals surface area contributed by atoms with E-state index < -0.39 is 5.60 Å². The summed E-state index contributed by atoms with van der Waals surface area (Å²) in [6, 6.07) is 0. The maximum absolute atomic E-state index is 11.1. The van der Waals surface area contributed by atoms with E-state index >= 15 is 0 Å². The Balaban J connectivity index is 0. The van der Waals surface area contributed by atoms with Crippen molar-refractivity contribution in [2.75, 3.05) is 20.1 Å². The minimum atomic E-state index is -0.410. The van der Waals surface area contributed by atoms with E-state index in [1.54, 1.807) is 0 Å². The second-order valence-electron chi connectivity index (χ2n) is 3.89. The Morgan fingerprint density at radius 1 is 1.29 bits per heavy atom. The highest BCUT2D eigenvalue weighted by Crippen LogP contribution is 2.05. The van der Waals surface area contributed by atoms with E-state index in [-0.39, 0.29) is 23.1 Å². The summed E-state index contributed by atoms with van der Waals surface area (Å²) in [6.45, 7) is 7.09. The molecule has 0 aromatic carbocycles. The quantitative estimate of drug-likeness (QED) is 0.764. The van der Waals surface area contributed by atoms with Crippen molar-refractivity contribution >= 4 is 23.1 Å². The Kier molecular flexibility index (Phi) is 9.29. The second-order valence-corrected chi connectivity index (χ2v) is 3.89. The van der Waals surface area contributed by atoms with Crippen molar-refractivity contribution in [1.82, 2.24) is 10.6 Å². The number of halogens is 1. The van der Waals surface area contributed by atoms with Gasteiger partial charge in [0, 0.05) is 6.54 Å². The SMILES string of the molecule is Br.CNCCCNC(=O)OC(C)(C)C. The molecule has 2 N–H and O–H groups in total. The van der Waals surface area contributed by atoms with Gasteiger partial charge in [-0.05, 0) is 40.8 Å². The van der Waals surface area contributed by atoms with Crippen molar-refractivity contribution < 1.29 is 9.53 Å². The number of hydrogen-bond acceptors (Lipinski definition) is 3. The first-order valence-corrected chi connectivity index (χ1v) is 4.57. The Bertz CT molecular complexity index is 157. The first kappa shape index (κ1) is 16.2. The largest absolute Gasteiger partial charge is 0.444 e. The number of carbonyl (C=O) groups excluding carboxylic acids is 1. The molecule has 0 aliphatic heterocycles. The van der Waals surface area contributed by atoms with Crippen LogP contribution in [0.5, 0.6) is 0 Å². The van der Waals surface area contributed by atoms with Crippen LogP contribution in [0, 0.1) is 0 Å². The van der Waals surface area contributed by atoms with E-state index in [4.69, 9.17) is 4.74 Å². The smallest absolute Gasteiger partial charge is 0.407 e. The van der Waals surface area contributed by atoms with Gasteiger partial charge in [-0.25, -0.2) is 4.79 Å². The van der Waals surface area contributed by atoms with Gasteiger partial charge >= 0.3 is 6.09 Å². The Morgan fingerprint density at radius 3 is 2.29 bits per heavy atom. The van der Waals surface area contributed by atoms with Crippen molar-refractivity contribution in [3.05, 3.63) is 0 Å². The minimum Gasteiger partial charge on any atom is -0.444 e. The molecule has 1 amide bonds. The van der Waals surface area contributed by atoms with Crippen LogP contribution in [-0.2, 0) is 4.74 Å². The summed E-state index contributed by atoms with van der Waals surface area (Å²) in [4.78, 5) is 11.1. The van der Waals surface area contributed by atoms with E-state index in [0.717, 1.165) is 13.0 Å². The van der Waals surface area contributed by atoms with Crippen LogP contribution in [0.2, 0.25) is 0 Å². The molecule has 0 saturated carbocycles. The maximum atomic E-state index is 11.1. The van der Waals surface area contributed by atoms with Gasteiger partial charge in [-0.15, -0.1) is 17.0 Å². The molecule has 86 valence electrons. The van der Waals surface area contributed by atoms with Crippen molar-refractivity contribution in [2.45, 2.75) is 32.8 Å². The summed E-state index contributed by atoms with van der Waals surface area (Å²) in [6.07, 6.45) is 0.569. The molecular weight excluding hydrogens is 248 g/mol. The van der Waals surface area contributed by atoms with E-state index in [9.17, 15) is 4.79 Å². The van der Waals surface area contributed by atoms with Gasteiger partial charge in [0.05, 0.1) is 0 Å². The number of ether oxygens (including phenoxy) is 1. The van der Waals surface area contributed by atoms with Crippen LogP contribution in [0.25, 0.3) is 0 Å². The van der Waals surface area contributed by atoms with Crippen LogP contribution in [0.3, 0.4) is 0 Å². The molecular formula is C9H21BrN2O2. The minimum absolute atomic E-state index is 0. The van der Waals surface area contributed by atoms with Gasteiger partial charge in [-0.1, -0.05) is 0 Å². The van der Waals surface area contributed by atoms with Gasteiger partial charge < -0.3 is 15.4 Å². The molecule has 0 radical (unpaired) electrons. The standard InChI is InChI=1S/C9H20N2O2.BrH/c1-9(2,3)13-8(12)11-7-5-6-10-4;/h10H,5-7H2,1-4H3,(H,11,12);1H. The Morgan fingerprint density at radius 2 is 1.86 bits per heavy atom. The van der Waals surface area contributed by atoms with Gasteiger partial charge in [0.25, 0.3) is 0 Å². The van der Waals surface area contributed by atoms with Gasteiger partial charge in [-0.3, -0.25) is 0 Å². The number of hydrogen-bond donors (Lipinski definition) is 2. The van der Waals surface area contributed by atoms with Gasteiger partial charge in [0.1, 0.15) is 5.60 Å². The predicted octanol–water partition coefficient (Wildman–Crippen LogP) is 1.70. The average Bonchev–Trinajstić information content (AvgIpc) is 1.94. The molecule has 0 unspecified atom stereocenters. The fourth-order valence-corrected chi connectivity index (χ4v) is 0.770. The van der Waals surface area contributed by atoms with Gasteiger partial charge in [0.2, 0.25) is 0 Å². The highest BCUT2D eigenvalue weighted by atomic mass is 79.9. The lowest BCUT2D eigenvalue weighted by Crippen LogP contribution is -2.33. The fraction of sp³-hybridized carbons (Fsp3) is 0.889. The average molecular weight is 269 g/mol. The summed E-state index contributed by atoms with van der Waals surface area (Å²) in [5.74, 6) is 0. The lowest BCUT2D eigenvalue weighted by molar-refractivity contribution is 0.0527. The lowest BCUT2D eigenvalue weighted by Gasteiger charge is -2.19. The van der Waals surface area contributed by atoms with Crippen LogP contribution in [0.4, 0.5) is 4.79 Å². The molecule has 0 aliphatic rings. The number of alkyl carbamates (subject to hydrolysis) is 1. The Labute approximate surface area is 96.5 Å². The van der Waals surface area contributed by atoms with Crippen molar-refractivity contribution in [1.29, 1.82) is 0 Å². The van der Waals surface area contributed by atoms with E-state index in [2.05, 4.69) is 10.6 Å². The summed E-state index contributed by atoms with van der Waals surface area (Å²) in [5.41, 5.74) is -0.410. The zero-order valence-corrected chi connectivity index (χ0v) is 11.1. The summed E-state index contributed by atoms with van der Waals surface area (Å²) in [7, 11) is 1.88. The first-order chi connectivity index (χ1) is 5.95. The monoisotopic (exact) mass is 268 g/mol. The molecule has 0 fully saturated rings. The Hall–Kier alpha value is -0.290. The molecule has 0 aromatic heterocycles. The molecule has 0 heterocycles. The third kappa shape index (κ3) is 11.7. The third-order valence-electron chi connectivity index (χ3n) is 1.27. The zero-order chi connectivity index (χ0) is 10.3. The van der Waals surface area contributed by atoms with Crippen LogP contribution < -0.4 is 10.6 Å². The van der Waals surface area contributed by atoms with Crippen LogP contribution in [0.1, 0.15) is 27.2 Å². The zero-order valence-electron chi connectivity index (χ0n) is 9.35. The summed E-state index contributed by atoms with van der Waals surface area (Å²) >= 11 is 0. The summed E-state index contributed by atoms with van der Waals surface area (Å²) < 4.78 is 5.05. The molecule has 5 heteroatoms. The topological polar surface area (TPSA) is 50.4 Å². The van der Waals surface area contributed by atoms with Crippen molar-refractivity contribution in [3.63, 3.8) is 0 Å². The fourth-order valence-electron chi connectivity index (χ4n) is 0.770. The number of carbonyl (C=O) groups is 1. The van der Waals surface area contributed by atoms with Gasteiger partial charge in [0.15, 0.2) is 0 Å². The van der Waals surface area contributed by atoms with Crippen LogP contribution in [0.15, 0.2) is 0 Å². The molecule has 0 saturated heterocycles. The number of nitrogens with one attached hydrogen (secondary N) is 2. The van der Waals surface area contributed by atoms with Gasteiger partial charge in [-0.2, -0.15) is 0 Å². The summed E-state index contributed by atoms with van der Waals surface area (Å²) in [5, 5.41) is 5.67. The van der Waals surface area contributed by atoms with E-state index in [0.29, 0.717) is 6.54 Å². The number of rotatable bonds is 4. The van der Waals surface area contributed by atoms with E-state index in [1.165, 1.54) is 0 Å². The molecule has 0 atom stereocenters. The molecule has 0 rings (SSSR count). The van der Waals surface area contributed by atoms with Crippen LogP contribution >= 0.6 is 17.0 Å². The van der Waals surface area contributed by atoms with Crippen LogP contribution in [-0.4, -0.2) is 31.8 Å². The van der Waals surface area contributed by atoms with Crippen molar-refractivity contribution in [3.8, 4) is 0 Å². The first-order valence-electron chi connectivity index (χ1n) is 4.57. The number of amides is 1. The molecule has 0 spiro atoms. The van der Waals surface area contributed by atoms with Crippen molar-refractivity contribution in [2.24, 2.45) is 0 Å². The molecule has 0 bridgehead atoms. The normalized spacial score (nSPS) is 10.3. The highest BCUT2D eigenvalue weighted by molar-refractivity contribution is 8.93. The molecule has 4 nitrogen and oxygen atoms in total. The maximum Gasteiger partial charge on any atom is 0.407 e. The molecule has 14 heavy (non-hydrogen) atoms. The van der Waals surface area contributed by atoms with E-state index in [1.807, 2.05) is 27.8 Å². The second kappa shape index (κ2) is 8.05.